The molecule has 2 atom stereocenters. The average Bonchev–Trinajstić information content (AvgIpc) is 2.83. The number of fused-ring (bicyclic) bond motifs is 1. The molecule has 1 saturated carbocycles. The minimum Gasteiger partial charge on any atom is -0.399 e. The third kappa shape index (κ3) is 2.96. The van der Waals surface area contributed by atoms with Gasteiger partial charge in [0.15, 0.2) is 11.6 Å². The maximum Gasteiger partial charge on any atom is 0.170 e. The number of hydrogen-bond acceptors (Lipinski definition) is 5. The lowest BCUT2D eigenvalue weighted by Crippen LogP contribution is -2.23. The van der Waals surface area contributed by atoms with E-state index in [1.54, 1.807) is 36.0 Å². The Hall–Kier alpha value is -1.59. The Kier molecular flexibility index (Phi) is 4.36. The number of thioether (sulfide) groups is 1. The third-order valence-corrected chi connectivity index (χ3v) is 5.70. The van der Waals surface area contributed by atoms with Crippen LogP contribution in [0, 0.1) is 0 Å². The van der Waals surface area contributed by atoms with E-state index in [4.69, 9.17) is 11.5 Å². The Morgan fingerprint density at radius 3 is 2.82 bits per heavy atom. The molecule has 2 unspecified atom stereocenters. The lowest BCUT2D eigenvalue weighted by atomic mass is 9.88. The van der Waals surface area contributed by atoms with Crippen LogP contribution in [0.25, 0.3) is 0 Å². The van der Waals surface area contributed by atoms with Crippen molar-refractivity contribution in [1.82, 2.24) is 0 Å². The van der Waals surface area contributed by atoms with E-state index in [-0.39, 0.29) is 23.4 Å². The average molecular weight is 316 g/mol. The van der Waals surface area contributed by atoms with Crippen molar-refractivity contribution in [3.63, 3.8) is 0 Å². The van der Waals surface area contributed by atoms with E-state index < -0.39 is 0 Å². The van der Waals surface area contributed by atoms with Gasteiger partial charge < -0.3 is 11.5 Å². The van der Waals surface area contributed by atoms with Gasteiger partial charge in [-0.05, 0) is 37.0 Å². The van der Waals surface area contributed by atoms with Crippen LogP contribution in [0.15, 0.2) is 35.4 Å². The van der Waals surface area contributed by atoms with E-state index in [0.717, 1.165) is 19.3 Å². The van der Waals surface area contributed by atoms with Gasteiger partial charge in [0.1, 0.15) is 0 Å². The maximum absolute atomic E-state index is 12.6. The van der Waals surface area contributed by atoms with Crippen molar-refractivity contribution in [3.05, 3.63) is 41.0 Å². The van der Waals surface area contributed by atoms with Crippen LogP contribution in [-0.2, 0) is 4.79 Å². The van der Waals surface area contributed by atoms with Gasteiger partial charge in [-0.25, -0.2) is 0 Å². The summed E-state index contributed by atoms with van der Waals surface area (Å²) in [7, 11) is 0. The minimum atomic E-state index is -0.278. The largest absolute Gasteiger partial charge is 0.399 e. The highest BCUT2D eigenvalue weighted by atomic mass is 32.2. The summed E-state index contributed by atoms with van der Waals surface area (Å²) in [6.07, 6.45) is 4.21. The number of benzene rings is 1. The second-order valence-corrected chi connectivity index (χ2v) is 7.23. The first kappa shape index (κ1) is 15.3. The molecular weight excluding hydrogens is 296 g/mol. The number of nitrogen functional groups attached to an aromatic ring is 1. The van der Waals surface area contributed by atoms with Gasteiger partial charge in [0.25, 0.3) is 0 Å². The number of hydrogen-bond donors (Lipinski definition) is 2. The van der Waals surface area contributed by atoms with E-state index in [1.807, 2.05) is 0 Å². The first-order valence-electron chi connectivity index (χ1n) is 7.62. The molecule has 1 aromatic rings. The van der Waals surface area contributed by atoms with Crippen LogP contribution < -0.4 is 11.5 Å². The monoisotopic (exact) mass is 316 g/mol. The molecule has 5 heteroatoms. The molecule has 0 spiro atoms. The summed E-state index contributed by atoms with van der Waals surface area (Å²) in [6, 6.07) is 6.75. The standard InChI is InChI=1S/C17H20N2O2S/c18-11-5-3-4-10(8-11)13(20)9-14(21)16-12-6-1-2-7-15(12)22-17(16)19/h3-5,8,15,17H,1-2,6-7,9,18-19H2. The van der Waals surface area contributed by atoms with Crippen LogP contribution in [0.4, 0.5) is 5.69 Å². The number of Topliss-reactive ketones (excluding diaryl/α,β-unsaturated/α-hetero) is 2. The molecule has 4 nitrogen and oxygen atoms in total. The Bertz CT molecular complexity index is 654. The molecule has 0 aromatic heterocycles. The topological polar surface area (TPSA) is 86.2 Å². The first-order chi connectivity index (χ1) is 10.6. The predicted octanol–water partition coefficient (Wildman–Crippen LogP) is 2.68. The SMILES string of the molecule is Nc1cccc(C(=O)CC(=O)C2=C3CCCCC3SC2N)c1. The summed E-state index contributed by atoms with van der Waals surface area (Å²) in [5.74, 6) is -0.311. The van der Waals surface area contributed by atoms with Crippen molar-refractivity contribution in [3.8, 4) is 0 Å². The van der Waals surface area contributed by atoms with Crippen molar-refractivity contribution in [2.75, 3.05) is 5.73 Å². The highest BCUT2D eigenvalue weighted by Gasteiger charge is 2.37. The molecule has 0 radical (unpaired) electrons. The summed E-state index contributed by atoms with van der Waals surface area (Å²) in [5.41, 5.74) is 14.7. The number of nitrogens with two attached hydrogens (primary N) is 2. The molecule has 4 N–H and O–H groups in total. The predicted molar refractivity (Wildman–Crippen MR) is 89.7 cm³/mol. The zero-order valence-corrected chi connectivity index (χ0v) is 13.2. The number of anilines is 1. The Morgan fingerprint density at radius 1 is 1.23 bits per heavy atom. The van der Waals surface area contributed by atoms with Crippen LogP contribution in [-0.4, -0.2) is 22.2 Å². The number of rotatable bonds is 4. The third-order valence-electron chi connectivity index (χ3n) is 4.32. The van der Waals surface area contributed by atoms with Gasteiger partial charge in [-0.2, -0.15) is 0 Å². The van der Waals surface area contributed by atoms with Crippen molar-refractivity contribution >= 4 is 29.0 Å². The molecule has 0 saturated heterocycles. The van der Waals surface area contributed by atoms with E-state index in [9.17, 15) is 9.59 Å². The molecular formula is C17H20N2O2S. The van der Waals surface area contributed by atoms with E-state index >= 15 is 0 Å². The zero-order valence-electron chi connectivity index (χ0n) is 12.4. The lowest BCUT2D eigenvalue weighted by molar-refractivity contribution is -0.114. The van der Waals surface area contributed by atoms with Crippen LogP contribution in [0.1, 0.15) is 42.5 Å². The molecule has 1 aliphatic heterocycles. The highest BCUT2D eigenvalue weighted by Crippen LogP contribution is 2.44. The van der Waals surface area contributed by atoms with Gasteiger partial charge in [-0.15, -0.1) is 11.8 Å². The summed E-state index contributed by atoms with van der Waals surface area (Å²) in [5, 5.41) is 0.101. The first-order valence-corrected chi connectivity index (χ1v) is 8.56. The van der Waals surface area contributed by atoms with Gasteiger partial charge in [0.2, 0.25) is 0 Å². The molecule has 1 aliphatic carbocycles. The fourth-order valence-corrected chi connectivity index (χ4v) is 4.74. The second-order valence-electron chi connectivity index (χ2n) is 5.88. The number of ketones is 2. The van der Waals surface area contributed by atoms with Gasteiger partial charge in [0, 0.05) is 22.1 Å². The van der Waals surface area contributed by atoms with Crippen molar-refractivity contribution in [2.45, 2.75) is 42.7 Å². The molecule has 22 heavy (non-hydrogen) atoms. The molecule has 1 aromatic carbocycles. The van der Waals surface area contributed by atoms with Crippen LogP contribution in [0.2, 0.25) is 0 Å². The Balaban J connectivity index is 1.78. The number of carbonyl (C=O) groups is 2. The molecule has 1 fully saturated rings. The smallest absolute Gasteiger partial charge is 0.170 e. The van der Waals surface area contributed by atoms with E-state index in [0.29, 0.717) is 22.1 Å². The summed E-state index contributed by atoms with van der Waals surface area (Å²) in [4.78, 5) is 24.9. The Morgan fingerprint density at radius 2 is 2.05 bits per heavy atom. The van der Waals surface area contributed by atoms with Crippen molar-refractivity contribution in [2.24, 2.45) is 5.73 Å². The van der Waals surface area contributed by atoms with Crippen LogP contribution >= 0.6 is 11.8 Å². The van der Waals surface area contributed by atoms with Gasteiger partial charge in [0.05, 0.1) is 11.8 Å². The Labute approximate surface area is 134 Å². The fourth-order valence-electron chi connectivity index (χ4n) is 3.26. The van der Waals surface area contributed by atoms with Gasteiger partial charge in [-0.3, -0.25) is 9.59 Å². The van der Waals surface area contributed by atoms with Crippen molar-refractivity contribution in [1.29, 1.82) is 0 Å². The molecule has 2 aliphatic rings. The fraction of sp³-hybridized carbons (Fsp3) is 0.412. The molecule has 3 rings (SSSR count). The van der Waals surface area contributed by atoms with Crippen LogP contribution in [0.3, 0.4) is 0 Å². The molecule has 1 heterocycles. The summed E-state index contributed by atoms with van der Waals surface area (Å²) < 4.78 is 0. The lowest BCUT2D eigenvalue weighted by Gasteiger charge is -2.19. The van der Waals surface area contributed by atoms with Gasteiger partial charge >= 0.3 is 0 Å². The molecule has 116 valence electrons. The zero-order chi connectivity index (χ0) is 15.7. The normalized spacial score (nSPS) is 24.2. The highest BCUT2D eigenvalue weighted by molar-refractivity contribution is 8.01. The molecule has 0 amide bonds. The summed E-state index contributed by atoms with van der Waals surface area (Å²) in [6.45, 7) is 0. The van der Waals surface area contributed by atoms with E-state index in [2.05, 4.69) is 0 Å². The van der Waals surface area contributed by atoms with Gasteiger partial charge in [-0.1, -0.05) is 18.6 Å². The maximum atomic E-state index is 12.6. The minimum absolute atomic E-state index is 0.119. The van der Waals surface area contributed by atoms with Crippen LogP contribution in [0.5, 0.6) is 0 Å². The quantitative estimate of drug-likeness (QED) is 0.507. The number of carbonyl (C=O) groups excluding carboxylic acids is 2. The van der Waals surface area contributed by atoms with Crippen molar-refractivity contribution < 1.29 is 9.59 Å². The van der Waals surface area contributed by atoms with E-state index in [1.165, 1.54) is 12.0 Å². The second kappa shape index (κ2) is 6.26. The summed E-state index contributed by atoms with van der Waals surface area (Å²) >= 11 is 1.66. The molecule has 0 bridgehead atoms.